The van der Waals surface area contributed by atoms with Gasteiger partial charge in [-0.1, -0.05) is 6.07 Å². The molecule has 0 spiro atoms. The molecule has 0 radical (unpaired) electrons. The molecule has 2 aromatic rings. The molecule has 1 heterocycles. The van der Waals surface area contributed by atoms with Crippen LogP contribution < -0.4 is 4.90 Å². The highest BCUT2D eigenvalue weighted by Gasteiger charge is 2.41. The van der Waals surface area contributed by atoms with Gasteiger partial charge in [-0.3, -0.25) is 9.80 Å². The van der Waals surface area contributed by atoms with E-state index < -0.39 is 54.3 Å². The van der Waals surface area contributed by atoms with Gasteiger partial charge < -0.3 is 9.47 Å². The van der Waals surface area contributed by atoms with Crippen molar-refractivity contribution in [1.82, 2.24) is 4.90 Å². The Morgan fingerprint density at radius 3 is 2.03 bits per heavy atom. The van der Waals surface area contributed by atoms with Crippen LogP contribution in [-0.2, 0) is 28.4 Å². The number of hydrogen-bond donors (Lipinski definition) is 0. The summed E-state index contributed by atoms with van der Waals surface area (Å²) in [6, 6.07) is 3.36. The number of anilines is 1. The molecule has 2 amide bonds. The van der Waals surface area contributed by atoms with Gasteiger partial charge in [0.25, 0.3) is 0 Å². The molecule has 0 saturated carbocycles. The second-order valence-electron chi connectivity index (χ2n) is 9.18. The third-order valence-electron chi connectivity index (χ3n) is 6.52. The van der Waals surface area contributed by atoms with Gasteiger partial charge >= 0.3 is 24.5 Å². The molecule has 1 aliphatic heterocycles. The van der Waals surface area contributed by atoms with Crippen molar-refractivity contribution in [2.24, 2.45) is 0 Å². The molecule has 2 aromatic carbocycles. The van der Waals surface area contributed by atoms with Crippen molar-refractivity contribution in [3.8, 4) is 0 Å². The molecule has 2 atom stereocenters. The number of alkyl halides is 6. The number of nitrogens with zero attached hydrogens (tertiary/aromatic N) is 2. The van der Waals surface area contributed by atoms with Crippen molar-refractivity contribution in [2.45, 2.75) is 65.1 Å². The maximum absolute atomic E-state index is 13.4. The molecular weight excluding hydrogens is 518 g/mol. The number of carbonyl (C=O) groups is 2. The van der Waals surface area contributed by atoms with Crippen LogP contribution in [0.2, 0.25) is 0 Å². The number of methoxy groups -OCH3 is 1. The highest BCUT2D eigenvalue weighted by Crippen LogP contribution is 2.43. The minimum atomic E-state index is -5.03. The summed E-state index contributed by atoms with van der Waals surface area (Å²) in [5.41, 5.74) is -0.757. The number of halogens is 6. The van der Waals surface area contributed by atoms with E-state index in [0.717, 1.165) is 23.1 Å². The summed E-state index contributed by atoms with van der Waals surface area (Å²) in [7, 11) is 1.07. The molecule has 0 bridgehead atoms. The van der Waals surface area contributed by atoms with Gasteiger partial charge in [-0.2, -0.15) is 26.3 Å². The summed E-state index contributed by atoms with van der Waals surface area (Å²) in [5.74, 6) is 0. The van der Waals surface area contributed by atoms with E-state index in [1.807, 2.05) is 13.8 Å². The molecule has 208 valence electrons. The molecule has 0 fully saturated rings. The molecule has 2 unspecified atom stereocenters. The van der Waals surface area contributed by atoms with Gasteiger partial charge in [0.2, 0.25) is 0 Å². The predicted octanol–water partition coefficient (Wildman–Crippen LogP) is 7.41. The van der Waals surface area contributed by atoms with E-state index in [1.165, 1.54) is 4.90 Å². The van der Waals surface area contributed by atoms with Crippen LogP contribution >= 0.6 is 0 Å². The average Bonchev–Trinajstić information content (AvgIpc) is 2.81. The quantitative estimate of drug-likeness (QED) is 0.375. The van der Waals surface area contributed by atoms with Gasteiger partial charge in [-0.15, -0.1) is 0 Å². The third kappa shape index (κ3) is 5.99. The lowest BCUT2D eigenvalue weighted by Crippen LogP contribution is -2.47. The number of carbonyl (C=O) groups excluding carboxylic acids is 2. The van der Waals surface area contributed by atoms with Crippen molar-refractivity contribution in [3.05, 3.63) is 63.7 Å². The van der Waals surface area contributed by atoms with Crippen LogP contribution in [0.4, 0.5) is 41.6 Å². The molecule has 0 N–H and O–H groups in total. The van der Waals surface area contributed by atoms with Crippen molar-refractivity contribution < 1.29 is 45.4 Å². The van der Waals surface area contributed by atoms with Gasteiger partial charge in [0.05, 0.1) is 36.6 Å². The third-order valence-corrected chi connectivity index (χ3v) is 6.52. The Bertz CT molecular complexity index is 1180. The number of ether oxygens (including phenoxy) is 2. The van der Waals surface area contributed by atoms with E-state index in [1.54, 1.807) is 26.0 Å². The Labute approximate surface area is 216 Å². The second kappa shape index (κ2) is 10.7. The number of amides is 2. The summed E-state index contributed by atoms with van der Waals surface area (Å²) >= 11 is 0. The van der Waals surface area contributed by atoms with Crippen LogP contribution in [-0.4, -0.2) is 36.8 Å². The molecule has 12 heteroatoms. The van der Waals surface area contributed by atoms with Crippen molar-refractivity contribution in [2.75, 3.05) is 18.6 Å². The Balaban J connectivity index is 2.16. The maximum atomic E-state index is 13.4. The Morgan fingerprint density at radius 1 is 0.974 bits per heavy atom. The first-order valence-corrected chi connectivity index (χ1v) is 11.8. The maximum Gasteiger partial charge on any atom is 0.416 e. The van der Waals surface area contributed by atoms with E-state index >= 15 is 0 Å². The van der Waals surface area contributed by atoms with Gasteiger partial charge in [0.15, 0.2) is 0 Å². The van der Waals surface area contributed by atoms with Crippen LogP contribution in [0.25, 0.3) is 0 Å². The van der Waals surface area contributed by atoms with Crippen molar-refractivity contribution >= 4 is 17.9 Å². The largest absolute Gasteiger partial charge is 0.453 e. The number of rotatable bonds is 4. The first kappa shape index (κ1) is 29.1. The van der Waals surface area contributed by atoms with E-state index in [9.17, 15) is 35.9 Å². The first-order chi connectivity index (χ1) is 17.6. The van der Waals surface area contributed by atoms with Gasteiger partial charge in [0.1, 0.15) is 0 Å². The normalized spacial score (nSPS) is 17.6. The summed E-state index contributed by atoms with van der Waals surface area (Å²) in [4.78, 5) is 28.2. The number of aryl methyl sites for hydroxylation is 2. The minimum Gasteiger partial charge on any atom is -0.453 e. The van der Waals surface area contributed by atoms with Crippen LogP contribution in [0, 0.1) is 13.8 Å². The highest BCUT2D eigenvalue weighted by molar-refractivity contribution is 5.90. The second-order valence-corrected chi connectivity index (χ2v) is 9.18. The zero-order valence-corrected chi connectivity index (χ0v) is 21.5. The molecular formula is C26H28F6N2O4. The van der Waals surface area contributed by atoms with Crippen LogP contribution in [0.3, 0.4) is 0 Å². The average molecular weight is 547 g/mol. The summed E-state index contributed by atoms with van der Waals surface area (Å²) < 4.78 is 90.7. The SMILES string of the molecule is CCOC(=O)N1c2cc(C)c(C)cc2C(N(Cc2cc(C(F)(F)F)cc(C(F)(F)F)c2)C(=O)OC)CC1C. The van der Waals surface area contributed by atoms with E-state index in [-0.39, 0.29) is 24.7 Å². The van der Waals surface area contributed by atoms with Gasteiger partial charge in [-0.25, -0.2) is 9.59 Å². The fourth-order valence-corrected chi connectivity index (χ4v) is 4.58. The molecule has 0 saturated heterocycles. The summed E-state index contributed by atoms with van der Waals surface area (Å²) in [6.07, 6.45) is -11.5. The van der Waals surface area contributed by atoms with Crippen LogP contribution in [0.15, 0.2) is 30.3 Å². The zero-order valence-electron chi connectivity index (χ0n) is 21.5. The fraction of sp³-hybridized carbons (Fsp3) is 0.462. The Kier molecular flexibility index (Phi) is 8.23. The van der Waals surface area contributed by atoms with Gasteiger partial charge in [0, 0.05) is 12.6 Å². The molecule has 6 nitrogen and oxygen atoms in total. The Hall–Kier alpha value is -3.44. The monoisotopic (exact) mass is 546 g/mol. The smallest absolute Gasteiger partial charge is 0.416 e. The minimum absolute atomic E-state index is 0.0350. The van der Waals surface area contributed by atoms with E-state index in [0.29, 0.717) is 23.4 Å². The molecule has 0 aliphatic carbocycles. The fourth-order valence-electron chi connectivity index (χ4n) is 4.58. The van der Waals surface area contributed by atoms with Crippen molar-refractivity contribution in [3.63, 3.8) is 0 Å². The zero-order chi connectivity index (χ0) is 28.6. The van der Waals surface area contributed by atoms with Gasteiger partial charge in [-0.05, 0) is 80.6 Å². The lowest BCUT2D eigenvalue weighted by Gasteiger charge is -2.43. The standard InChI is InChI=1S/C26H28F6N2O4/c1-6-38-24(36)34-16(4)9-21(20-7-14(2)15(3)8-22(20)34)33(23(35)37-5)13-17-10-18(25(27,28)29)12-19(11-17)26(30,31)32/h7-8,10-12,16,21H,6,9,13H2,1-5H3. The number of fused-ring (bicyclic) bond motifs is 1. The number of hydrogen-bond acceptors (Lipinski definition) is 4. The topological polar surface area (TPSA) is 59.1 Å². The summed E-state index contributed by atoms with van der Waals surface area (Å²) in [6.45, 7) is 6.53. The first-order valence-electron chi connectivity index (χ1n) is 11.8. The summed E-state index contributed by atoms with van der Waals surface area (Å²) in [5, 5.41) is 0. The van der Waals surface area contributed by atoms with Crippen molar-refractivity contribution in [1.29, 1.82) is 0 Å². The molecule has 0 aromatic heterocycles. The lowest BCUT2D eigenvalue weighted by atomic mass is 9.88. The highest BCUT2D eigenvalue weighted by atomic mass is 19.4. The van der Waals surface area contributed by atoms with E-state index in [2.05, 4.69) is 0 Å². The molecule has 38 heavy (non-hydrogen) atoms. The van der Waals surface area contributed by atoms with Crippen LogP contribution in [0.5, 0.6) is 0 Å². The Morgan fingerprint density at radius 2 is 1.53 bits per heavy atom. The lowest BCUT2D eigenvalue weighted by molar-refractivity contribution is -0.143. The number of benzene rings is 2. The molecule has 1 aliphatic rings. The predicted molar refractivity (Wildman–Crippen MR) is 127 cm³/mol. The molecule has 3 rings (SSSR count). The van der Waals surface area contributed by atoms with Crippen LogP contribution in [0.1, 0.15) is 59.7 Å². The van der Waals surface area contributed by atoms with E-state index in [4.69, 9.17) is 9.47 Å².